The van der Waals surface area contributed by atoms with Crippen molar-refractivity contribution in [3.8, 4) is 0 Å². The summed E-state index contributed by atoms with van der Waals surface area (Å²) in [7, 11) is 0. The van der Waals surface area contributed by atoms with Gasteiger partial charge in [0.05, 0.1) is 43.4 Å². The highest BCUT2D eigenvalue weighted by Crippen LogP contribution is 2.62. The predicted octanol–water partition coefficient (Wildman–Crippen LogP) is 6.94. The maximum absolute atomic E-state index is 13.6. The second-order valence-electron chi connectivity index (χ2n) is 9.45. The molecular formula is C26H26Cl4O4. The molecule has 34 heavy (non-hydrogen) atoms. The molecule has 0 heterocycles. The van der Waals surface area contributed by atoms with E-state index in [2.05, 4.69) is 0 Å². The van der Waals surface area contributed by atoms with E-state index in [9.17, 15) is 9.90 Å². The molecule has 4 rings (SSSR count). The lowest BCUT2D eigenvalue weighted by atomic mass is 9.62. The fourth-order valence-electron chi connectivity index (χ4n) is 5.21. The topological polar surface area (TPSA) is 55.8 Å². The Balaban J connectivity index is 1.56. The van der Waals surface area contributed by atoms with Crippen molar-refractivity contribution in [3.63, 3.8) is 0 Å². The number of hydrogen-bond donors (Lipinski definition) is 1. The van der Waals surface area contributed by atoms with Crippen LogP contribution in [0.25, 0.3) is 0 Å². The van der Waals surface area contributed by atoms with Crippen molar-refractivity contribution < 1.29 is 19.4 Å². The van der Waals surface area contributed by atoms with E-state index < -0.39 is 22.3 Å². The summed E-state index contributed by atoms with van der Waals surface area (Å²) in [6, 6.07) is 10.5. The van der Waals surface area contributed by atoms with Crippen LogP contribution in [-0.4, -0.2) is 29.7 Å². The molecule has 2 aromatic carbocycles. The summed E-state index contributed by atoms with van der Waals surface area (Å²) in [5.41, 5.74) is -1.92. The fraction of sp³-hybridized carbons (Fsp3) is 0.423. The van der Waals surface area contributed by atoms with E-state index in [4.69, 9.17) is 55.9 Å². The second-order valence-corrected chi connectivity index (χ2v) is 11.1. The summed E-state index contributed by atoms with van der Waals surface area (Å²) in [5.74, 6) is -0.696. The van der Waals surface area contributed by atoms with Crippen molar-refractivity contribution >= 4 is 52.2 Å². The molecule has 0 aliphatic heterocycles. The van der Waals surface area contributed by atoms with Crippen molar-refractivity contribution in [2.45, 2.75) is 39.1 Å². The predicted molar refractivity (Wildman–Crippen MR) is 136 cm³/mol. The number of ether oxygens (including phenoxy) is 2. The number of hydrogen-bond acceptors (Lipinski definition) is 4. The number of benzene rings is 2. The van der Waals surface area contributed by atoms with E-state index in [1.165, 1.54) is 0 Å². The Hall–Kier alpha value is -1.11. The van der Waals surface area contributed by atoms with Gasteiger partial charge in [0.25, 0.3) is 0 Å². The van der Waals surface area contributed by atoms with Crippen LogP contribution < -0.4 is 0 Å². The SMILES string of the molecule is C[C@@]1(COCc2c(Cl)cccc2Cl)[C@](C)(COCc2c(Cl)cccc2Cl)C(=O)[C@H]2C=CC[C@]21O. The third-order valence-corrected chi connectivity index (χ3v) is 9.09. The van der Waals surface area contributed by atoms with Crippen molar-refractivity contribution in [1.29, 1.82) is 0 Å². The molecule has 0 radical (unpaired) electrons. The van der Waals surface area contributed by atoms with Crippen LogP contribution in [0, 0.1) is 16.7 Å². The molecule has 1 fully saturated rings. The Bertz CT molecular complexity index is 1100. The largest absolute Gasteiger partial charge is 0.388 e. The smallest absolute Gasteiger partial charge is 0.151 e. The maximum Gasteiger partial charge on any atom is 0.151 e. The summed E-state index contributed by atoms with van der Waals surface area (Å²) >= 11 is 25.1. The molecule has 4 atom stereocenters. The number of halogens is 4. The van der Waals surface area contributed by atoms with Crippen LogP contribution in [0.5, 0.6) is 0 Å². The highest BCUT2D eigenvalue weighted by atomic mass is 35.5. The minimum atomic E-state index is -1.28. The van der Waals surface area contributed by atoms with E-state index in [1.54, 1.807) is 42.5 Å². The molecule has 0 unspecified atom stereocenters. The van der Waals surface area contributed by atoms with E-state index in [0.29, 0.717) is 37.6 Å². The van der Waals surface area contributed by atoms with Gasteiger partial charge in [0.2, 0.25) is 0 Å². The van der Waals surface area contributed by atoms with Gasteiger partial charge in [-0.2, -0.15) is 0 Å². The standard InChI is InChI=1S/C26H26Cl4O4/c1-24(14-33-12-16-19(27)7-3-8-20(16)28)23(31)18-6-5-11-26(18,32)25(24,2)15-34-13-17-21(29)9-4-10-22(17)30/h3-10,18,32H,11-15H2,1-2H3/t18-,24-,25-,26+/m1/s1. The molecule has 8 heteroatoms. The van der Waals surface area contributed by atoms with E-state index >= 15 is 0 Å². The lowest BCUT2D eigenvalue weighted by Gasteiger charge is -2.46. The van der Waals surface area contributed by atoms with Gasteiger partial charge in [0, 0.05) is 36.6 Å². The van der Waals surface area contributed by atoms with Crippen molar-refractivity contribution in [2.75, 3.05) is 13.2 Å². The quantitative estimate of drug-likeness (QED) is 0.366. The van der Waals surface area contributed by atoms with Gasteiger partial charge in [-0.15, -0.1) is 0 Å². The zero-order chi connectivity index (χ0) is 24.7. The average molecular weight is 544 g/mol. The number of rotatable bonds is 8. The van der Waals surface area contributed by atoms with Gasteiger partial charge >= 0.3 is 0 Å². The molecule has 0 saturated heterocycles. The van der Waals surface area contributed by atoms with Crippen molar-refractivity contribution in [1.82, 2.24) is 0 Å². The first-order chi connectivity index (χ1) is 16.0. The Morgan fingerprint density at radius 1 is 0.882 bits per heavy atom. The van der Waals surface area contributed by atoms with Gasteiger partial charge < -0.3 is 14.6 Å². The summed E-state index contributed by atoms with van der Waals surface area (Å²) in [6.45, 7) is 4.21. The zero-order valence-corrected chi connectivity index (χ0v) is 21.9. The Morgan fingerprint density at radius 2 is 1.35 bits per heavy atom. The molecule has 0 amide bonds. The van der Waals surface area contributed by atoms with Crippen LogP contribution in [0.4, 0.5) is 0 Å². The van der Waals surface area contributed by atoms with Crippen LogP contribution in [-0.2, 0) is 27.5 Å². The molecule has 1 saturated carbocycles. The molecule has 0 spiro atoms. The third kappa shape index (κ3) is 4.12. The number of ketones is 1. The fourth-order valence-corrected chi connectivity index (χ4v) is 6.22. The number of aliphatic hydroxyl groups is 1. The zero-order valence-electron chi connectivity index (χ0n) is 18.9. The molecule has 0 bridgehead atoms. The van der Waals surface area contributed by atoms with Gasteiger partial charge in [-0.25, -0.2) is 0 Å². The molecule has 2 aliphatic rings. The summed E-state index contributed by atoms with van der Waals surface area (Å²) in [6.07, 6.45) is 4.01. The van der Waals surface area contributed by atoms with Gasteiger partial charge in [0.15, 0.2) is 5.78 Å². The first kappa shape index (κ1) is 26.0. The monoisotopic (exact) mass is 542 g/mol. The van der Waals surface area contributed by atoms with Crippen LogP contribution in [0.2, 0.25) is 20.1 Å². The van der Waals surface area contributed by atoms with Crippen LogP contribution in [0.1, 0.15) is 31.4 Å². The van der Waals surface area contributed by atoms with Gasteiger partial charge in [-0.1, -0.05) is 77.6 Å². The lowest BCUT2D eigenvalue weighted by Crippen LogP contribution is -2.54. The first-order valence-electron chi connectivity index (χ1n) is 11.0. The van der Waals surface area contributed by atoms with E-state index in [0.717, 1.165) is 0 Å². The van der Waals surface area contributed by atoms with Gasteiger partial charge in [0.1, 0.15) is 0 Å². The van der Waals surface area contributed by atoms with Crippen LogP contribution in [0.3, 0.4) is 0 Å². The number of fused-ring (bicyclic) bond motifs is 1. The van der Waals surface area contributed by atoms with Gasteiger partial charge in [-0.05, 0) is 37.6 Å². The second kappa shape index (κ2) is 9.74. The maximum atomic E-state index is 13.6. The molecule has 4 nitrogen and oxygen atoms in total. The molecule has 1 N–H and O–H groups in total. The molecular weight excluding hydrogens is 518 g/mol. The number of Topliss-reactive ketones (excluding diaryl/α,β-unsaturated/α-hetero) is 1. The normalized spacial score (nSPS) is 30.2. The molecule has 2 aromatic rings. The van der Waals surface area contributed by atoms with Gasteiger partial charge in [-0.3, -0.25) is 4.79 Å². The Labute approximate surface area is 219 Å². The number of carbonyl (C=O) groups excluding carboxylic acids is 1. The molecule has 0 aromatic heterocycles. The summed E-state index contributed by atoms with van der Waals surface area (Å²) in [5, 5.41) is 13.8. The van der Waals surface area contributed by atoms with Crippen molar-refractivity contribution in [2.24, 2.45) is 16.7 Å². The third-order valence-electron chi connectivity index (χ3n) is 7.67. The van der Waals surface area contributed by atoms with Crippen molar-refractivity contribution in [3.05, 3.63) is 79.8 Å². The lowest BCUT2D eigenvalue weighted by molar-refractivity contribution is -0.160. The molecule has 182 valence electrons. The first-order valence-corrected chi connectivity index (χ1v) is 12.5. The Morgan fingerprint density at radius 3 is 1.85 bits per heavy atom. The number of carbonyl (C=O) groups is 1. The Kier molecular flexibility index (Phi) is 7.44. The minimum absolute atomic E-state index is 0.0733. The van der Waals surface area contributed by atoms with E-state index in [1.807, 2.05) is 19.9 Å². The highest BCUT2D eigenvalue weighted by Gasteiger charge is 2.72. The van der Waals surface area contributed by atoms with Crippen LogP contribution >= 0.6 is 46.4 Å². The molecule has 2 aliphatic carbocycles. The van der Waals surface area contributed by atoms with Crippen LogP contribution in [0.15, 0.2) is 48.6 Å². The van der Waals surface area contributed by atoms with E-state index in [-0.39, 0.29) is 32.2 Å². The highest BCUT2D eigenvalue weighted by molar-refractivity contribution is 6.36. The average Bonchev–Trinajstić information content (AvgIpc) is 3.23. The summed E-state index contributed by atoms with van der Waals surface area (Å²) in [4.78, 5) is 13.6. The summed E-state index contributed by atoms with van der Waals surface area (Å²) < 4.78 is 12.1. The minimum Gasteiger partial charge on any atom is -0.388 e.